The minimum Gasteiger partial charge on any atom is -0.321 e. The van der Waals surface area contributed by atoms with Crippen LogP contribution in [0.3, 0.4) is 0 Å². The van der Waals surface area contributed by atoms with Crippen molar-refractivity contribution < 1.29 is 9.18 Å². The summed E-state index contributed by atoms with van der Waals surface area (Å²) in [6, 6.07) is 12.7. The zero-order chi connectivity index (χ0) is 18.4. The molecular formula is C22H20FN3O. The summed E-state index contributed by atoms with van der Waals surface area (Å²) < 4.78 is 15.9. The van der Waals surface area contributed by atoms with Gasteiger partial charge in [0.2, 0.25) is 0 Å². The van der Waals surface area contributed by atoms with Crippen molar-refractivity contribution in [1.82, 2.24) is 9.78 Å². The van der Waals surface area contributed by atoms with E-state index in [0.29, 0.717) is 11.4 Å². The standard InChI is InChI=1S/C22H20FN3O/c23-18-8-1-2-9-20(18)26-19-10-4-7-17(19)21(25-26)22(27)24-16-12-11-14-5-3-6-15(14)13-16/h1-2,8-9,11-13H,3-7,10H2,(H,24,27). The van der Waals surface area contributed by atoms with Crippen molar-refractivity contribution in [3.63, 3.8) is 0 Å². The van der Waals surface area contributed by atoms with Crippen LogP contribution in [-0.4, -0.2) is 15.7 Å². The maximum Gasteiger partial charge on any atom is 0.276 e. The van der Waals surface area contributed by atoms with Crippen LogP contribution < -0.4 is 5.32 Å². The molecule has 0 aliphatic heterocycles. The van der Waals surface area contributed by atoms with Gasteiger partial charge < -0.3 is 5.32 Å². The van der Waals surface area contributed by atoms with E-state index in [-0.39, 0.29) is 11.7 Å². The zero-order valence-corrected chi connectivity index (χ0v) is 15.0. The molecule has 2 aliphatic carbocycles. The Hall–Kier alpha value is -2.95. The summed E-state index contributed by atoms with van der Waals surface area (Å²) in [6.07, 6.45) is 5.92. The topological polar surface area (TPSA) is 46.9 Å². The normalized spacial score (nSPS) is 14.9. The van der Waals surface area contributed by atoms with Gasteiger partial charge >= 0.3 is 0 Å². The minimum absolute atomic E-state index is 0.221. The molecule has 1 aromatic heterocycles. The van der Waals surface area contributed by atoms with E-state index >= 15 is 0 Å². The highest BCUT2D eigenvalue weighted by Crippen LogP contribution is 2.30. The fraction of sp³-hybridized carbons (Fsp3) is 0.273. The van der Waals surface area contributed by atoms with E-state index < -0.39 is 0 Å². The number of carbonyl (C=O) groups is 1. The highest BCUT2D eigenvalue weighted by atomic mass is 19.1. The molecule has 1 heterocycles. The van der Waals surface area contributed by atoms with Crippen molar-refractivity contribution in [1.29, 1.82) is 0 Å². The number of halogens is 1. The Bertz CT molecular complexity index is 1050. The van der Waals surface area contributed by atoms with Gasteiger partial charge in [-0.05, 0) is 73.9 Å². The molecule has 0 spiro atoms. The second-order valence-electron chi connectivity index (χ2n) is 7.28. The molecule has 1 amide bonds. The number of rotatable bonds is 3. The van der Waals surface area contributed by atoms with Gasteiger partial charge in [0.05, 0.1) is 0 Å². The van der Waals surface area contributed by atoms with Gasteiger partial charge in [-0.15, -0.1) is 0 Å². The van der Waals surface area contributed by atoms with E-state index in [1.165, 1.54) is 23.6 Å². The Morgan fingerprint density at radius 2 is 1.81 bits per heavy atom. The van der Waals surface area contributed by atoms with Crippen LogP contribution in [0.1, 0.15) is 45.7 Å². The number of anilines is 1. The van der Waals surface area contributed by atoms with Crippen LogP contribution in [0.4, 0.5) is 10.1 Å². The van der Waals surface area contributed by atoms with Crippen LogP contribution in [-0.2, 0) is 25.7 Å². The second-order valence-corrected chi connectivity index (χ2v) is 7.28. The molecule has 0 fully saturated rings. The smallest absolute Gasteiger partial charge is 0.276 e. The number of aryl methyl sites for hydroxylation is 2. The monoisotopic (exact) mass is 361 g/mol. The maximum atomic E-state index is 14.3. The summed E-state index contributed by atoms with van der Waals surface area (Å²) in [5.74, 6) is -0.554. The summed E-state index contributed by atoms with van der Waals surface area (Å²) in [5, 5.41) is 7.48. The quantitative estimate of drug-likeness (QED) is 0.758. The molecule has 0 saturated heterocycles. The SMILES string of the molecule is O=C(Nc1ccc2c(c1)CCC2)c1nn(-c2ccccc2F)c2c1CCC2. The van der Waals surface area contributed by atoms with E-state index in [0.717, 1.165) is 49.0 Å². The number of aromatic nitrogens is 2. The molecule has 5 rings (SSSR count). The molecule has 5 heteroatoms. The highest BCUT2D eigenvalue weighted by molar-refractivity contribution is 6.04. The summed E-state index contributed by atoms with van der Waals surface area (Å²) in [5.41, 5.74) is 6.18. The molecule has 0 unspecified atom stereocenters. The van der Waals surface area contributed by atoms with Crippen molar-refractivity contribution in [2.24, 2.45) is 0 Å². The van der Waals surface area contributed by atoms with Gasteiger partial charge in [0.25, 0.3) is 5.91 Å². The van der Waals surface area contributed by atoms with Crippen molar-refractivity contribution in [3.8, 4) is 5.69 Å². The summed E-state index contributed by atoms with van der Waals surface area (Å²) in [6.45, 7) is 0. The zero-order valence-electron chi connectivity index (χ0n) is 15.0. The van der Waals surface area contributed by atoms with Crippen molar-refractivity contribution in [3.05, 3.63) is 76.4 Å². The Balaban J connectivity index is 1.49. The number of benzene rings is 2. The number of amides is 1. The van der Waals surface area contributed by atoms with Crippen molar-refractivity contribution >= 4 is 11.6 Å². The lowest BCUT2D eigenvalue weighted by Gasteiger charge is -2.07. The molecule has 2 aromatic carbocycles. The minimum atomic E-state index is -0.333. The molecule has 4 nitrogen and oxygen atoms in total. The number of hydrogen-bond donors (Lipinski definition) is 1. The summed E-state index contributed by atoms with van der Waals surface area (Å²) >= 11 is 0. The summed E-state index contributed by atoms with van der Waals surface area (Å²) in [4.78, 5) is 12.9. The number of carbonyl (C=O) groups excluding carboxylic acids is 1. The van der Waals surface area contributed by atoms with E-state index in [1.54, 1.807) is 22.9 Å². The predicted molar refractivity (Wildman–Crippen MR) is 102 cm³/mol. The Kier molecular flexibility index (Phi) is 3.81. The predicted octanol–water partition coefficient (Wildman–Crippen LogP) is 4.24. The average Bonchev–Trinajstić information content (AvgIpc) is 3.38. The first-order chi connectivity index (χ1) is 13.2. The molecule has 27 heavy (non-hydrogen) atoms. The molecule has 0 saturated carbocycles. The van der Waals surface area contributed by atoms with Gasteiger partial charge in [0.15, 0.2) is 5.69 Å². The molecule has 0 radical (unpaired) electrons. The second kappa shape index (κ2) is 6.34. The molecule has 3 aromatic rings. The number of fused-ring (bicyclic) bond motifs is 2. The van der Waals surface area contributed by atoms with E-state index in [4.69, 9.17) is 0 Å². The highest BCUT2D eigenvalue weighted by Gasteiger charge is 2.28. The van der Waals surface area contributed by atoms with Gasteiger partial charge in [0.1, 0.15) is 11.5 Å². The number of nitrogens with one attached hydrogen (secondary N) is 1. The number of para-hydroxylation sites is 1. The van der Waals surface area contributed by atoms with Gasteiger partial charge in [-0.25, -0.2) is 9.07 Å². The lowest BCUT2D eigenvalue weighted by molar-refractivity contribution is 0.102. The molecule has 0 atom stereocenters. The van der Waals surface area contributed by atoms with Crippen LogP contribution in [0.5, 0.6) is 0 Å². The van der Waals surface area contributed by atoms with E-state index in [1.807, 2.05) is 6.07 Å². The van der Waals surface area contributed by atoms with Crippen molar-refractivity contribution in [2.45, 2.75) is 38.5 Å². The third-order valence-corrected chi connectivity index (χ3v) is 5.58. The average molecular weight is 361 g/mol. The Morgan fingerprint density at radius 1 is 1.00 bits per heavy atom. The van der Waals surface area contributed by atoms with Crippen molar-refractivity contribution in [2.75, 3.05) is 5.32 Å². The number of hydrogen-bond acceptors (Lipinski definition) is 2. The lowest BCUT2D eigenvalue weighted by Crippen LogP contribution is -2.15. The first kappa shape index (κ1) is 16.2. The lowest BCUT2D eigenvalue weighted by atomic mass is 10.1. The molecular weight excluding hydrogens is 341 g/mol. The largest absolute Gasteiger partial charge is 0.321 e. The molecule has 0 bridgehead atoms. The maximum absolute atomic E-state index is 14.3. The third-order valence-electron chi connectivity index (χ3n) is 5.58. The summed E-state index contributed by atoms with van der Waals surface area (Å²) in [7, 11) is 0. The van der Waals surface area contributed by atoms with Gasteiger partial charge in [-0.1, -0.05) is 18.2 Å². The Labute approximate surface area is 157 Å². The fourth-order valence-corrected chi connectivity index (χ4v) is 4.28. The van der Waals surface area contributed by atoms with Crippen LogP contribution >= 0.6 is 0 Å². The van der Waals surface area contributed by atoms with Gasteiger partial charge in [-0.3, -0.25) is 4.79 Å². The van der Waals surface area contributed by atoms with Crippen LogP contribution in [0.2, 0.25) is 0 Å². The van der Waals surface area contributed by atoms with Crippen LogP contribution in [0.15, 0.2) is 42.5 Å². The van der Waals surface area contributed by atoms with Crippen LogP contribution in [0.25, 0.3) is 5.69 Å². The first-order valence-electron chi connectivity index (χ1n) is 9.49. The van der Waals surface area contributed by atoms with E-state index in [2.05, 4.69) is 22.5 Å². The molecule has 1 N–H and O–H groups in total. The molecule has 136 valence electrons. The Morgan fingerprint density at radius 3 is 2.70 bits per heavy atom. The van der Waals surface area contributed by atoms with E-state index in [9.17, 15) is 9.18 Å². The van der Waals surface area contributed by atoms with Crippen LogP contribution in [0, 0.1) is 5.82 Å². The molecule has 2 aliphatic rings. The number of nitrogens with zero attached hydrogens (tertiary/aromatic N) is 2. The first-order valence-corrected chi connectivity index (χ1v) is 9.49. The third kappa shape index (κ3) is 2.74. The van der Waals surface area contributed by atoms with Gasteiger partial charge in [-0.2, -0.15) is 5.10 Å². The fourth-order valence-electron chi connectivity index (χ4n) is 4.28. The van der Waals surface area contributed by atoms with Gasteiger partial charge in [0, 0.05) is 16.9 Å².